The lowest BCUT2D eigenvalue weighted by molar-refractivity contribution is -0.217. The Morgan fingerprint density at radius 2 is 1.63 bits per heavy atom. The number of allylic oxidation sites excluding steroid dienone is 3. The molecule has 4 heteroatoms. The maximum atomic E-state index is 13.3. The molecule has 0 saturated heterocycles. The van der Waals surface area contributed by atoms with Crippen LogP contribution >= 0.6 is 0 Å². The number of rotatable bonds is 1. The Morgan fingerprint density at radius 3 is 2.29 bits per heavy atom. The van der Waals surface area contributed by atoms with Crippen molar-refractivity contribution in [3.63, 3.8) is 0 Å². The molecule has 0 amide bonds. The monoisotopic (exact) mass is 484 g/mol. The van der Waals surface area contributed by atoms with E-state index in [0.717, 1.165) is 44.9 Å². The molecule has 5 rings (SSSR count). The minimum atomic E-state index is -0.688. The Bertz CT molecular complexity index is 990. The van der Waals surface area contributed by atoms with Crippen LogP contribution in [0, 0.1) is 44.3 Å². The standard InChI is InChI=1S/C31H48O4/c1-26(2)13-15-31(25(34)35-8)16-14-29(6)19(20(31)17-26)9-10-23-28(5)18-21(32)24(33)27(3,4)22(28)11-12-30(23,29)7/h9-10,21-24,32-33H,11-18H2,1-8H3/t21-,22+,23-,24+,28+,29-,30-,31+/m1/s1. The zero-order valence-corrected chi connectivity index (χ0v) is 23.3. The third kappa shape index (κ3) is 3.08. The average molecular weight is 485 g/mol. The highest BCUT2D eigenvalue weighted by Gasteiger charge is 2.68. The molecule has 5 aliphatic rings. The van der Waals surface area contributed by atoms with Crippen LogP contribution in [0.4, 0.5) is 0 Å². The third-order valence-electron chi connectivity index (χ3n) is 12.5. The molecule has 3 saturated carbocycles. The van der Waals surface area contributed by atoms with Crippen LogP contribution in [0.3, 0.4) is 0 Å². The molecule has 3 fully saturated rings. The molecular weight excluding hydrogens is 436 g/mol. The van der Waals surface area contributed by atoms with Crippen molar-refractivity contribution in [1.29, 1.82) is 0 Å². The predicted molar refractivity (Wildman–Crippen MR) is 138 cm³/mol. The summed E-state index contributed by atoms with van der Waals surface area (Å²) < 4.78 is 5.45. The lowest BCUT2D eigenvalue weighted by Crippen LogP contribution is -2.65. The van der Waals surface area contributed by atoms with Gasteiger partial charge in [-0.2, -0.15) is 0 Å². The molecule has 0 aromatic heterocycles. The van der Waals surface area contributed by atoms with Gasteiger partial charge in [0.2, 0.25) is 0 Å². The van der Waals surface area contributed by atoms with Crippen LogP contribution in [-0.4, -0.2) is 35.5 Å². The van der Waals surface area contributed by atoms with E-state index >= 15 is 0 Å². The molecule has 0 aromatic rings. The fraction of sp³-hybridized carbons (Fsp3) is 0.839. The van der Waals surface area contributed by atoms with E-state index in [9.17, 15) is 15.0 Å². The fourth-order valence-corrected chi connectivity index (χ4v) is 10.3. The molecule has 5 aliphatic carbocycles. The number of esters is 1. The SMILES string of the molecule is COC(=O)[C@]12CCC(C)(C)CC1=C1C=C[C@@H]3[C@@]4(C)C[C@@H](O)[C@H](O)C(C)(C)[C@@H]4CC[C@@]3(C)[C@]1(C)CC2. The van der Waals surface area contributed by atoms with E-state index in [1.165, 1.54) is 11.1 Å². The van der Waals surface area contributed by atoms with Gasteiger partial charge in [-0.1, -0.05) is 60.6 Å². The highest BCUT2D eigenvalue weighted by atomic mass is 16.5. The Kier molecular flexibility index (Phi) is 5.44. The maximum absolute atomic E-state index is 13.3. The van der Waals surface area contributed by atoms with Gasteiger partial charge in [0.1, 0.15) is 0 Å². The normalized spacial score (nSPS) is 49.9. The summed E-state index contributed by atoms with van der Waals surface area (Å²) in [5.74, 6) is 0.645. The summed E-state index contributed by atoms with van der Waals surface area (Å²) >= 11 is 0. The van der Waals surface area contributed by atoms with E-state index in [-0.39, 0.29) is 33.0 Å². The zero-order chi connectivity index (χ0) is 25.8. The molecular formula is C31H48O4. The van der Waals surface area contributed by atoms with Crippen LogP contribution in [0.2, 0.25) is 0 Å². The topological polar surface area (TPSA) is 66.8 Å². The number of carbonyl (C=O) groups is 1. The summed E-state index contributed by atoms with van der Waals surface area (Å²) in [7, 11) is 1.55. The summed E-state index contributed by atoms with van der Waals surface area (Å²) in [6, 6.07) is 0. The maximum Gasteiger partial charge on any atom is 0.315 e. The molecule has 4 nitrogen and oxygen atoms in total. The van der Waals surface area contributed by atoms with Crippen LogP contribution in [0.15, 0.2) is 23.3 Å². The van der Waals surface area contributed by atoms with E-state index < -0.39 is 17.6 Å². The molecule has 0 aromatic carbocycles. The van der Waals surface area contributed by atoms with Gasteiger partial charge >= 0.3 is 5.97 Å². The van der Waals surface area contributed by atoms with Gasteiger partial charge in [0.05, 0.1) is 24.7 Å². The Labute approximate surface area is 212 Å². The van der Waals surface area contributed by atoms with Crippen molar-refractivity contribution in [1.82, 2.24) is 0 Å². The fourth-order valence-electron chi connectivity index (χ4n) is 10.3. The molecule has 8 atom stereocenters. The largest absolute Gasteiger partial charge is 0.468 e. The van der Waals surface area contributed by atoms with E-state index in [0.29, 0.717) is 18.3 Å². The first-order valence-corrected chi connectivity index (χ1v) is 14.0. The van der Waals surface area contributed by atoms with Crippen molar-refractivity contribution >= 4 is 5.97 Å². The van der Waals surface area contributed by atoms with Gasteiger partial charge in [-0.15, -0.1) is 0 Å². The highest BCUT2D eigenvalue weighted by Crippen LogP contribution is 2.74. The highest BCUT2D eigenvalue weighted by molar-refractivity contribution is 5.82. The van der Waals surface area contributed by atoms with Gasteiger partial charge in [0.25, 0.3) is 0 Å². The molecule has 0 bridgehead atoms. The Balaban J connectivity index is 1.68. The second-order valence-electron chi connectivity index (χ2n) is 15.0. The zero-order valence-electron chi connectivity index (χ0n) is 23.3. The molecule has 35 heavy (non-hydrogen) atoms. The van der Waals surface area contributed by atoms with Crippen molar-refractivity contribution in [2.45, 2.75) is 112 Å². The van der Waals surface area contributed by atoms with Crippen LogP contribution in [0.5, 0.6) is 0 Å². The van der Waals surface area contributed by atoms with Crippen molar-refractivity contribution in [2.75, 3.05) is 7.11 Å². The van der Waals surface area contributed by atoms with Gasteiger partial charge in [-0.05, 0) is 101 Å². The number of aliphatic hydroxyl groups excluding tert-OH is 2. The lowest BCUT2D eigenvalue weighted by atomic mass is 9.35. The second-order valence-corrected chi connectivity index (χ2v) is 15.0. The number of hydrogen-bond donors (Lipinski definition) is 2. The van der Waals surface area contributed by atoms with E-state index in [2.05, 4.69) is 60.6 Å². The first kappa shape index (κ1) is 25.5. The van der Waals surface area contributed by atoms with Crippen LogP contribution < -0.4 is 0 Å². The Hall–Kier alpha value is -1.13. The van der Waals surface area contributed by atoms with Gasteiger partial charge in [-0.25, -0.2) is 0 Å². The summed E-state index contributed by atoms with van der Waals surface area (Å²) in [5.41, 5.74) is 2.08. The van der Waals surface area contributed by atoms with Gasteiger partial charge in [0, 0.05) is 0 Å². The molecule has 2 N–H and O–H groups in total. The minimum Gasteiger partial charge on any atom is -0.468 e. The molecule has 196 valence electrons. The van der Waals surface area contributed by atoms with Gasteiger partial charge < -0.3 is 14.9 Å². The summed E-state index contributed by atoms with van der Waals surface area (Å²) in [5, 5.41) is 21.9. The predicted octanol–water partition coefficient (Wildman–Crippen LogP) is 6.21. The van der Waals surface area contributed by atoms with E-state index in [1.54, 1.807) is 7.11 Å². The molecule has 0 heterocycles. The number of methoxy groups -OCH3 is 1. The number of fused-ring (bicyclic) bond motifs is 6. The Morgan fingerprint density at radius 1 is 0.971 bits per heavy atom. The average Bonchev–Trinajstić information content (AvgIpc) is 2.77. The second kappa shape index (κ2) is 7.47. The first-order valence-electron chi connectivity index (χ1n) is 14.0. The van der Waals surface area contributed by atoms with Gasteiger partial charge in [0.15, 0.2) is 0 Å². The number of ether oxygens (including phenoxy) is 1. The van der Waals surface area contributed by atoms with E-state index in [4.69, 9.17) is 4.74 Å². The van der Waals surface area contributed by atoms with Crippen molar-refractivity contribution in [2.24, 2.45) is 44.3 Å². The van der Waals surface area contributed by atoms with Crippen molar-refractivity contribution in [3.05, 3.63) is 23.3 Å². The molecule has 0 spiro atoms. The first-order chi connectivity index (χ1) is 16.1. The van der Waals surface area contributed by atoms with Crippen LogP contribution in [0.1, 0.15) is 99.8 Å². The summed E-state index contributed by atoms with van der Waals surface area (Å²) in [4.78, 5) is 13.3. The molecule has 0 unspecified atom stereocenters. The molecule has 0 aliphatic heterocycles. The third-order valence-corrected chi connectivity index (χ3v) is 12.5. The molecule has 0 radical (unpaired) electrons. The number of carbonyl (C=O) groups excluding carboxylic acids is 1. The van der Waals surface area contributed by atoms with E-state index in [1.807, 2.05) is 0 Å². The van der Waals surface area contributed by atoms with Crippen molar-refractivity contribution < 1.29 is 19.7 Å². The quantitative estimate of drug-likeness (QED) is 0.434. The van der Waals surface area contributed by atoms with Crippen molar-refractivity contribution in [3.8, 4) is 0 Å². The smallest absolute Gasteiger partial charge is 0.315 e. The van der Waals surface area contributed by atoms with Gasteiger partial charge in [-0.3, -0.25) is 4.79 Å². The minimum absolute atomic E-state index is 0.0220. The number of hydrogen-bond acceptors (Lipinski definition) is 4. The summed E-state index contributed by atoms with van der Waals surface area (Å²) in [6.45, 7) is 16.3. The summed E-state index contributed by atoms with van der Waals surface area (Å²) in [6.07, 6.45) is 11.0. The van der Waals surface area contributed by atoms with Crippen LogP contribution in [0.25, 0.3) is 0 Å². The lowest BCUT2D eigenvalue weighted by Gasteiger charge is -2.69. The van der Waals surface area contributed by atoms with Crippen LogP contribution in [-0.2, 0) is 9.53 Å². The number of aliphatic hydroxyl groups is 2.